The van der Waals surface area contributed by atoms with E-state index in [-0.39, 0.29) is 19.2 Å². The summed E-state index contributed by atoms with van der Waals surface area (Å²) in [7, 11) is 1.76. The van der Waals surface area contributed by atoms with Crippen LogP contribution in [0.4, 0.5) is 4.79 Å². The Morgan fingerprint density at radius 1 is 1.13 bits per heavy atom. The third kappa shape index (κ3) is 5.30. The van der Waals surface area contributed by atoms with Crippen LogP contribution in [0.3, 0.4) is 0 Å². The summed E-state index contributed by atoms with van der Waals surface area (Å²) in [5.74, 6) is 0.674. The monoisotopic (exact) mass is 314 g/mol. The summed E-state index contributed by atoms with van der Waals surface area (Å²) < 4.78 is 5.46. The number of benzene rings is 2. The van der Waals surface area contributed by atoms with E-state index >= 15 is 0 Å². The number of hydrogen-bond donors (Lipinski definition) is 2. The predicted molar refractivity (Wildman–Crippen MR) is 89.2 cm³/mol. The van der Waals surface area contributed by atoms with Crippen LogP contribution in [-0.4, -0.2) is 36.3 Å². The second kappa shape index (κ2) is 8.80. The average Bonchev–Trinajstić information content (AvgIpc) is 2.59. The van der Waals surface area contributed by atoms with Crippen LogP contribution < -0.4 is 10.1 Å². The molecule has 2 aromatic rings. The number of aliphatic hydroxyl groups is 1. The Hall–Kier alpha value is -2.53. The van der Waals surface area contributed by atoms with Crippen molar-refractivity contribution >= 4 is 6.03 Å². The van der Waals surface area contributed by atoms with Crippen molar-refractivity contribution in [3.05, 3.63) is 65.7 Å². The second-order valence-electron chi connectivity index (χ2n) is 5.18. The quantitative estimate of drug-likeness (QED) is 0.825. The highest BCUT2D eigenvalue weighted by Gasteiger charge is 2.10. The first kappa shape index (κ1) is 16.8. The molecule has 0 saturated carbocycles. The molecule has 0 aliphatic heterocycles. The van der Waals surface area contributed by atoms with Crippen LogP contribution in [0.2, 0.25) is 0 Å². The zero-order chi connectivity index (χ0) is 16.5. The maximum atomic E-state index is 12.2. The van der Waals surface area contributed by atoms with Crippen LogP contribution >= 0.6 is 0 Å². The summed E-state index contributed by atoms with van der Waals surface area (Å²) in [4.78, 5) is 13.8. The Labute approximate surface area is 136 Å². The Bertz CT molecular complexity index is 617. The minimum absolute atomic E-state index is 0.0412. The van der Waals surface area contributed by atoms with Gasteiger partial charge in [0, 0.05) is 25.7 Å². The molecule has 5 heteroatoms. The van der Waals surface area contributed by atoms with E-state index in [9.17, 15) is 4.79 Å². The van der Waals surface area contributed by atoms with Gasteiger partial charge in [-0.1, -0.05) is 48.5 Å². The number of aliphatic hydroxyl groups excluding tert-OH is 1. The van der Waals surface area contributed by atoms with Gasteiger partial charge in [0.1, 0.15) is 12.4 Å². The van der Waals surface area contributed by atoms with Gasteiger partial charge in [-0.05, 0) is 11.6 Å². The molecule has 0 aromatic heterocycles. The van der Waals surface area contributed by atoms with Crippen molar-refractivity contribution in [2.45, 2.75) is 13.1 Å². The van der Waals surface area contributed by atoms with E-state index in [0.717, 1.165) is 11.1 Å². The van der Waals surface area contributed by atoms with Crippen molar-refractivity contribution in [1.29, 1.82) is 0 Å². The van der Waals surface area contributed by atoms with Crippen LogP contribution in [-0.2, 0) is 13.1 Å². The third-order valence-corrected chi connectivity index (χ3v) is 3.36. The Morgan fingerprint density at radius 2 is 1.83 bits per heavy atom. The Morgan fingerprint density at radius 3 is 2.57 bits per heavy atom. The SMILES string of the molecule is CN(Cc1ccccc1)C(=O)NCc1ccccc1OCCO. The molecule has 0 aliphatic carbocycles. The lowest BCUT2D eigenvalue weighted by molar-refractivity contribution is 0.198. The van der Waals surface area contributed by atoms with Gasteiger partial charge in [0.15, 0.2) is 0 Å². The van der Waals surface area contributed by atoms with Crippen molar-refractivity contribution in [3.63, 3.8) is 0 Å². The summed E-state index contributed by atoms with van der Waals surface area (Å²) in [6.07, 6.45) is 0. The first-order valence-corrected chi connectivity index (χ1v) is 7.55. The number of carbonyl (C=O) groups is 1. The standard InChI is InChI=1S/C18H22N2O3/c1-20(14-15-7-3-2-4-8-15)18(22)19-13-16-9-5-6-10-17(16)23-12-11-21/h2-10,21H,11-14H2,1H3,(H,19,22). The molecule has 2 aromatic carbocycles. The van der Waals surface area contributed by atoms with Gasteiger partial charge in [-0.3, -0.25) is 0 Å². The first-order valence-electron chi connectivity index (χ1n) is 7.55. The highest BCUT2D eigenvalue weighted by molar-refractivity contribution is 5.73. The normalized spacial score (nSPS) is 10.2. The molecule has 0 fully saturated rings. The van der Waals surface area contributed by atoms with Gasteiger partial charge in [0.25, 0.3) is 0 Å². The molecule has 0 atom stereocenters. The lowest BCUT2D eigenvalue weighted by atomic mass is 10.2. The van der Waals surface area contributed by atoms with Crippen LogP contribution in [0.5, 0.6) is 5.75 Å². The molecule has 0 spiro atoms. The summed E-state index contributed by atoms with van der Waals surface area (Å²) in [5, 5.41) is 11.7. The van der Waals surface area contributed by atoms with Crippen molar-refractivity contribution in [2.75, 3.05) is 20.3 Å². The van der Waals surface area contributed by atoms with Gasteiger partial charge in [-0.25, -0.2) is 4.79 Å². The molecule has 122 valence electrons. The summed E-state index contributed by atoms with van der Waals surface area (Å²) >= 11 is 0. The molecule has 0 unspecified atom stereocenters. The lowest BCUT2D eigenvalue weighted by Gasteiger charge is -2.19. The molecule has 5 nitrogen and oxygen atoms in total. The van der Waals surface area contributed by atoms with Gasteiger partial charge in [0.05, 0.1) is 6.61 Å². The zero-order valence-corrected chi connectivity index (χ0v) is 13.2. The molecular formula is C18H22N2O3. The van der Waals surface area contributed by atoms with Gasteiger partial charge in [0.2, 0.25) is 0 Å². The van der Waals surface area contributed by atoms with Crippen molar-refractivity contribution in [3.8, 4) is 5.75 Å². The third-order valence-electron chi connectivity index (χ3n) is 3.36. The molecule has 0 bridgehead atoms. The molecule has 2 amide bonds. The Balaban J connectivity index is 1.89. The minimum atomic E-state index is -0.147. The number of para-hydroxylation sites is 1. The maximum Gasteiger partial charge on any atom is 0.317 e. The number of rotatable bonds is 7. The summed E-state index contributed by atoms with van der Waals surface area (Å²) in [5.41, 5.74) is 1.96. The average molecular weight is 314 g/mol. The number of nitrogens with one attached hydrogen (secondary N) is 1. The maximum absolute atomic E-state index is 12.2. The number of amides is 2. The molecule has 0 heterocycles. The van der Waals surface area contributed by atoms with Crippen molar-refractivity contribution in [1.82, 2.24) is 10.2 Å². The molecule has 0 saturated heterocycles. The number of hydrogen-bond acceptors (Lipinski definition) is 3. The highest BCUT2D eigenvalue weighted by Crippen LogP contribution is 2.17. The van der Waals surface area contributed by atoms with Gasteiger partial charge in [-0.2, -0.15) is 0 Å². The van der Waals surface area contributed by atoms with E-state index in [0.29, 0.717) is 18.8 Å². The van der Waals surface area contributed by atoms with E-state index in [1.54, 1.807) is 11.9 Å². The fourth-order valence-corrected chi connectivity index (χ4v) is 2.18. The van der Waals surface area contributed by atoms with Crippen molar-refractivity contribution in [2.24, 2.45) is 0 Å². The lowest BCUT2D eigenvalue weighted by Crippen LogP contribution is -2.36. The molecule has 2 rings (SSSR count). The van der Waals surface area contributed by atoms with Gasteiger partial charge < -0.3 is 20.1 Å². The van der Waals surface area contributed by atoms with Crippen LogP contribution in [0.25, 0.3) is 0 Å². The van der Waals surface area contributed by atoms with E-state index in [4.69, 9.17) is 9.84 Å². The minimum Gasteiger partial charge on any atom is -0.491 e. The smallest absolute Gasteiger partial charge is 0.317 e. The fourth-order valence-electron chi connectivity index (χ4n) is 2.18. The molecule has 23 heavy (non-hydrogen) atoms. The van der Waals surface area contributed by atoms with E-state index in [1.807, 2.05) is 54.6 Å². The summed E-state index contributed by atoms with van der Waals surface area (Å²) in [6.45, 7) is 1.12. The number of carbonyl (C=O) groups excluding carboxylic acids is 1. The topological polar surface area (TPSA) is 61.8 Å². The van der Waals surface area contributed by atoms with E-state index in [1.165, 1.54) is 0 Å². The summed E-state index contributed by atoms with van der Waals surface area (Å²) in [6, 6.07) is 17.2. The van der Waals surface area contributed by atoms with Gasteiger partial charge >= 0.3 is 6.03 Å². The van der Waals surface area contributed by atoms with E-state index < -0.39 is 0 Å². The first-order chi connectivity index (χ1) is 11.2. The number of ether oxygens (including phenoxy) is 1. The molecule has 0 aliphatic rings. The number of nitrogens with zero attached hydrogens (tertiary/aromatic N) is 1. The van der Waals surface area contributed by atoms with Crippen LogP contribution in [0, 0.1) is 0 Å². The zero-order valence-electron chi connectivity index (χ0n) is 13.2. The number of urea groups is 1. The predicted octanol–water partition coefficient (Wildman–Crippen LogP) is 2.40. The van der Waals surface area contributed by atoms with Crippen LogP contribution in [0.15, 0.2) is 54.6 Å². The Kier molecular flexibility index (Phi) is 6.44. The molecule has 0 radical (unpaired) electrons. The van der Waals surface area contributed by atoms with Gasteiger partial charge in [-0.15, -0.1) is 0 Å². The largest absolute Gasteiger partial charge is 0.491 e. The molecular weight excluding hydrogens is 292 g/mol. The van der Waals surface area contributed by atoms with E-state index in [2.05, 4.69) is 5.32 Å². The second-order valence-corrected chi connectivity index (χ2v) is 5.18. The van der Waals surface area contributed by atoms with Crippen molar-refractivity contribution < 1.29 is 14.6 Å². The highest BCUT2D eigenvalue weighted by atomic mass is 16.5. The fraction of sp³-hybridized carbons (Fsp3) is 0.278. The molecule has 2 N–H and O–H groups in total. The van der Waals surface area contributed by atoms with Crippen LogP contribution in [0.1, 0.15) is 11.1 Å².